The lowest BCUT2D eigenvalue weighted by molar-refractivity contribution is -0.292. The number of aryl methyl sites for hydroxylation is 1. The Bertz CT molecular complexity index is 557. The lowest BCUT2D eigenvalue weighted by Gasteiger charge is -2.19. The Morgan fingerprint density at radius 1 is 1.14 bits per heavy atom. The van der Waals surface area contributed by atoms with Crippen molar-refractivity contribution in [3.05, 3.63) is 17.0 Å². The highest BCUT2D eigenvalue weighted by molar-refractivity contribution is 5.88. The van der Waals surface area contributed by atoms with Crippen molar-refractivity contribution in [2.45, 2.75) is 31.7 Å². The van der Waals surface area contributed by atoms with Crippen LogP contribution in [0.5, 0.6) is 0 Å². The third-order valence-electron chi connectivity index (χ3n) is 2.39. The number of hydrogen-bond acceptors (Lipinski definition) is 2. The number of halogens is 8. The predicted octanol–water partition coefficient (Wildman–Crippen LogP) is 3.27. The molecule has 0 fully saturated rings. The van der Waals surface area contributed by atoms with Gasteiger partial charge in [0.15, 0.2) is 11.4 Å². The largest absolute Gasteiger partial charge is 0.477 e. The number of alkyl halides is 8. The van der Waals surface area contributed by atoms with Gasteiger partial charge in [0.05, 0.1) is 0 Å². The van der Waals surface area contributed by atoms with Crippen LogP contribution in [0.4, 0.5) is 35.1 Å². The predicted molar refractivity (Wildman–Crippen MR) is 49.8 cm³/mol. The third kappa shape index (κ3) is 2.78. The number of rotatable bonds is 3. The average molecular weight is 326 g/mol. The summed E-state index contributed by atoms with van der Waals surface area (Å²) in [6.07, 6.45) is -12.1. The van der Waals surface area contributed by atoms with Crippen LogP contribution in [0.3, 0.4) is 0 Å². The first-order valence-corrected chi connectivity index (χ1v) is 5.11. The summed E-state index contributed by atoms with van der Waals surface area (Å²) in [5.41, 5.74) is -7.06. The number of hydrogen-bond donors (Lipinski definition) is 1. The SMILES string of the molecule is CCn1nc(C(F)(F)C(F)(F)F)c(C(F)(F)F)c1C(=O)O. The van der Waals surface area contributed by atoms with E-state index in [4.69, 9.17) is 5.11 Å². The highest BCUT2D eigenvalue weighted by atomic mass is 19.4. The molecule has 0 aliphatic carbocycles. The van der Waals surface area contributed by atoms with Crippen LogP contribution in [0.1, 0.15) is 28.7 Å². The average Bonchev–Trinajstić information content (AvgIpc) is 2.66. The second-order valence-corrected chi connectivity index (χ2v) is 3.76. The highest BCUT2D eigenvalue weighted by Crippen LogP contribution is 2.48. The number of aromatic nitrogens is 2. The van der Waals surface area contributed by atoms with E-state index >= 15 is 0 Å². The summed E-state index contributed by atoms with van der Waals surface area (Å²) in [7, 11) is 0. The van der Waals surface area contributed by atoms with E-state index in [-0.39, 0.29) is 4.68 Å². The zero-order valence-electron chi connectivity index (χ0n) is 9.98. The van der Waals surface area contributed by atoms with Crippen molar-refractivity contribution >= 4 is 5.97 Å². The van der Waals surface area contributed by atoms with Crippen molar-refractivity contribution in [3.63, 3.8) is 0 Å². The number of carboxylic acids is 1. The Morgan fingerprint density at radius 2 is 1.62 bits per heavy atom. The van der Waals surface area contributed by atoms with Gasteiger partial charge in [-0.1, -0.05) is 0 Å². The van der Waals surface area contributed by atoms with Gasteiger partial charge in [0.25, 0.3) is 0 Å². The van der Waals surface area contributed by atoms with Crippen LogP contribution in [0.2, 0.25) is 0 Å². The molecule has 0 unspecified atom stereocenters. The van der Waals surface area contributed by atoms with Gasteiger partial charge in [-0.05, 0) is 6.92 Å². The smallest absolute Gasteiger partial charge is 0.459 e. The van der Waals surface area contributed by atoms with Crippen LogP contribution in [0.15, 0.2) is 0 Å². The highest BCUT2D eigenvalue weighted by Gasteiger charge is 2.64. The molecule has 12 heteroatoms. The normalized spacial score (nSPS) is 13.6. The van der Waals surface area contributed by atoms with Crippen molar-refractivity contribution < 1.29 is 45.0 Å². The minimum absolute atomic E-state index is 0.0693. The molecule has 0 bridgehead atoms. The molecule has 0 amide bonds. The fourth-order valence-corrected chi connectivity index (χ4v) is 1.53. The molecule has 1 aromatic heterocycles. The summed E-state index contributed by atoms with van der Waals surface area (Å²) in [5.74, 6) is -8.26. The molecule has 1 rings (SSSR count). The second kappa shape index (κ2) is 4.84. The van der Waals surface area contributed by atoms with Gasteiger partial charge >= 0.3 is 24.2 Å². The topological polar surface area (TPSA) is 55.1 Å². The van der Waals surface area contributed by atoms with E-state index in [9.17, 15) is 39.9 Å². The Hall–Kier alpha value is -1.88. The van der Waals surface area contributed by atoms with Crippen molar-refractivity contribution in [2.24, 2.45) is 0 Å². The summed E-state index contributed by atoms with van der Waals surface area (Å²) in [4.78, 5) is 10.8. The van der Waals surface area contributed by atoms with Gasteiger partial charge in [-0.2, -0.15) is 40.2 Å². The van der Waals surface area contributed by atoms with Crippen LogP contribution in [-0.4, -0.2) is 27.0 Å². The molecule has 1 aromatic rings. The lowest BCUT2D eigenvalue weighted by atomic mass is 10.1. The van der Waals surface area contributed by atoms with E-state index in [1.165, 1.54) is 0 Å². The van der Waals surface area contributed by atoms with Gasteiger partial charge in [0, 0.05) is 6.54 Å². The van der Waals surface area contributed by atoms with Gasteiger partial charge in [0.1, 0.15) is 5.56 Å². The molecule has 0 saturated carbocycles. The van der Waals surface area contributed by atoms with Gasteiger partial charge in [-0.3, -0.25) is 4.68 Å². The summed E-state index contributed by atoms with van der Waals surface area (Å²) in [6.45, 7) is 0.397. The molecular formula is C9H6F8N2O2. The standard InChI is InChI=1S/C9H6F8N2O2/c1-2-19-4(6(20)21)3(8(12,13)14)5(18-19)7(10,11)9(15,16)17/h2H2,1H3,(H,20,21). The van der Waals surface area contributed by atoms with Crippen LogP contribution in [0, 0.1) is 0 Å². The molecule has 0 aliphatic rings. The Morgan fingerprint density at radius 3 is 1.90 bits per heavy atom. The maximum Gasteiger partial charge on any atom is 0.459 e. The minimum atomic E-state index is -6.35. The molecule has 21 heavy (non-hydrogen) atoms. The maximum atomic E-state index is 13.2. The van der Waals surface area contributed by atoms with Gasteiger partial charge in [-0.25, -0.2) is 4.79 Å². The van der Waals surface area contributed by atoms with Crippen LogP contribution in [-0.2, 0) is 18.6 Å². The molecule has 0 atom stereocenters. The van der Waals surface area contributed by atoms with Gasteiger partial charge in [-0.15, -0.1) is 0 Å². The van der Waals surface area contributed by atoms with E-state index in [2.05, 4.69) is 5.10 Å². The zero-order valence-corrected chi connectivity index (χ0v) is 9.98. The second-order valence-electron chi connectivity index (χ2n) is 3.76. The fourth-order valence-electron chi connectivity index (χ4n) is 1.53. The minimum Gasteiger partial charge on any atom is -0.477 e. The van der Waals surface area contributed by atoms with Crippen LogP contribution >= 0.6 is 0 Å². The first-order chi connectivity index (χ1) is 9.25. The quantitative estimate of drug-likeness (QED) is 0.868. The number of carboxylic acid groups (broad SMARTS) is 1. The lowest BCUT2D eigenvalue weighted by Crippen LogP contribution is -2.36. The van der Waals surface area contributed by atoms with E-state index in [1.54, 1.807) is 0 Å². The van der Waals surface area contributed by atoms with Crippen molar-refractivity contribution in [2.75, 3.05) is 0 Å². The summed E-state index contributed by atoms with van der Waals surface area (Å²) >= 11 is 0. The molecule has 0 aliphatic heterocycles. The Kier molecular flexibility index (Phi) is 3.96. The summed E-state index contributed by atoms with van der Waals surface area (Å²) in [6, 6.07) is 0. The molecule has 0 radical (unpaired) electrons. The molecule has 0 saturated heterocycles. The number of nitrogens with zero attached hydrogens (tertiary/aromatic N) is 2. The number of aromatic carboxylic acids is 1. The van der Waals surface area contributed by atoms with Gasteiger partial charge in [0.2, 0.25) is 0 Å². The molecule has 1 N–H and O–H groups in total. The van der Waals surface area contributed by atoms with E-state index in [0.29, 0.717) is 0 Å². The molecule has 0 spiro atoms. The molecule has 4 nitrogen and oxygen atoms in total. The molecule has 120 valence electrons. The van der Waals surface area contributed by atoms with E-state index in [0.717, 1.165) is 6.92 Å². The molecular weight excluding hydrogens is 320 g/mol. The first kappa shape index (κ1) is 17.2. The molecule has 0 aromatic carbocycles. The fraction of sp³-hybridized carbons (Fsp3) is 0.556. The summed E-state index contributed by atoms with van der Waals surface area (Å²) in [5, 5.41) is 11.1. The molecule has 1 heterocycles. The Labute approximate surface area is 111 Å². The third-order valence-corrected chi connectivity index (χ3v) is 2.39. The Balaban J connectivity index is 3.80. The van der Waals surface area contributed by atoms with Crippen molar-refractivity contribution in [1.82, 2.24) is 9.78 Å². The monoisotopic (exact) mass is 326 g/mol. The first-order valence-electron chi connectivity index (χ1n) is 5.11. The van der Waals surface area contributed by atoms with Gasteiger partial charge < -0.3 is 5.11 Å². The van der Waals surface area contributed by atoms with E-state index < -0.39 is 47.7 Å². The van der Waals surface area contributed by atoms with E-state index in [1.807, 2.05) is 0 Å². The zero-order chi connectivity index (χ0) is 16.8. The van der Waals surface area contributed by atoms with Crippen LogP contribution < -0.4 is 0 Å². The maximum absolute atomic E-state index is 13.2. The van der Waals surface area contributed by atoms with Crippen molar-refractivity contribution in [3.8, 4) is 0 Å². The van der Waals surface area contributed by atoms with Crippen molar-refractivity contribution in [1.29, 1.82) is 0 Å². The summed E-state index contributed by atoms with van der Waals surface area (Å²) < 4.78 is 101. The number of carbonyl (C=O) groups is 1. The van der Waals surface area contributed by atoms with Crippen LogP contribution in [0.25, 0.3) is 0 Å².